The van der Waals surface area contributed by atoms with Crippen molar-refractivity contribution in [1.82, 2.24) is 15.1 Å². The van der Waals surface area contributed by atoms with Crippen molar-refractivity contribution in [1.29, 1.82) is 0 Å². The molecule has 30 heavy (non-hydrogen) atoms. The van der Waals surface area contributed by atoms with Crippen LogP contribution in [0.3, 0.4) is 0 Å². The van der Waals surface area contributed by atoms with E-state index in [1.54, 1.807) is 27.5 Å². The summed E-state index contributed by atoms with van der Waals surface area (Å²) >= 11 is 0. The Kier molecular flexibility index (Phi) is 6.95. The zero-order chi connectivity index (χ0) is 21.5. The maximum atomic E-state index is 12.8. The molecule has 0 bridgehead atoms. The molecule has 1 amide bonds. The van der Waals surface area contributed by atoms with Gasteiger partial charge in [0.1, 0.15) is 0 Å². The van der Waals surface area contributed by atoms with Crippen LogP contribution >= 0.6 is 0 Å². The van der Waals surface area contributed by atoms with E-state index in [0.29, 0.717) is 42.3 Å². The second kappa shape index (κ2) is 9.82. The lowest BCUT2D eigenvalue weighted by Crippen LogP contribution is -2.24. The van der Waals surface area contributed by atoms with Gasteiger partial charge in [-0.05, 0) is 29.7 Å². The highest BCUT2D eigenvalue weighted by molar-refractivity contribution is 5.95. The van der Waals surface area contributed by atoms with Gasteiger partial charge in [-0.1, -0.05) is 37.3 Å². The number of ether oxygens (including phenoxy) is 3. The van der Waals surface area contributed by atoms with E-state index in [1.807, 2.05) is 54.1 Å². The van der Waals surface area contributed by atoms with Gasteiger partial charge in [0.25, 0.3) is 5.91 Å². The molecule has 158 valence electrons. The van der Waals surface area contributed by atoms with Crippen LogP contribution in [0.5, 0.6) is 17.2 Å². The zero-order valence-electron chi connectivity index (χ0n) is 17.8. The monoisotopic (exact) mass is 409 g/mol. The molecule has 0 aliphatic rings. The maximum Gasteiger partial charge on any atom is 0.255 e. The van der Waals surface area contributed by atoms with E-state index in [-0.39, 0.29) is 5.91 Å². The molecule has 1 aromatic heterocycles. The van der Waals surface area contributed by atoms with Crippen molar-refractivity contribution in [2.24, 2.45) is 0 Å². The van der Waals surface area contributed by atoms with Crippen molar-refractivity contribution in [2.75, 3.05) is 21.3 Å². The minimum atomic E-state index is -0.167. The highest BCUT2D eigenvalue weighted by Gasteiger charge is 2.18. The summed E-state index contributed by atoms with van der Waals surface area (Å²) in [6.07, 6.45) is 2.34. The van der Waals surface area contributed by atoms with Crippen LogP contribution < -0.4 is 19.5 Å². The molecule has 7 heteroatoms. The molecule has 0 spiro atoms. The molecule has 0 radical (unpaired) electrons. The number of aromatic nitrogens is 2. The molecule has 1 heterocycles. The van der Waals surface area contributed by atoms with E-state index < -0.39 is 0 Å². The second-order valence-electron chi connectivity index (χ2n) is 6.72. The van der Waals surface area contributed by atoms with Gasteiger partial charge in [-0.15, -0.1) is 0 Å². The number of hydrogen-bond acceptors (Lipinski definition) is 5. The lowest BCUT2D eigenvalue weighted by molar-refractivity contribution is 0.0949. The number of rotatable bonds is 9. The Morgan fingerprint density at radius 1 is 1.00 bits per heavy atom. The Bertz CT molecular complexity index is 974. The van der Waals surface area contributed by atoms with E-state index in [0.717, 1.165) is 16.8 Å². The van der Waals surface area contributed by atoms with Crippen molar-refractivity contribution in [3.05, 3.63) is 71.0 Å². The van der Waals surface area contributed by atoms with Gasteiger partial charge in [0, 0.05) is 6.54 Å². The molecule has 3 aromatic rings. The normalized spacial score (nSPS) is 10.5. The van der Waals surface area contributed by atoms with Gasteiger partial charge in [0.15, 0.2) is 11.5 Å². The summed E-state index contributed by atoms with van der Waals surface area (Å²) < 4.78 is 18.0. The van der Waals surface area contributed by atoms with Crippen LogP contribution in [0.2, 0.25) is 0 Å². The van der Waals surface area contributed by atoms with Crippen LogP contribution in [0, 0.1) is 0 Å². The number of benzene rings is 2. The highest BCUT2D eigenvalue weighted by Crippen LogP contribution is 2.38. The first-order valence-corrected chi connectivity index (χ1v) is 9.76. The van der Waals surface area contributed by atoms with Crippen LogP contribution in [0.15, 0.2) is 48.7 Å². The lowest BCUT2D eigenvalue weighted by atomic mass is 10.1. The molecule has 3 rings (SSSR count). The van der Waals surface area contributed by atoms with Crippen molar-refractivity contribution >= 4 is 5.91 Å². The van der Waals surface area contributed by atoms with Gasteiger partial charge in [-0.3, -0.25) is 9.48 Å². The second-order valence-corrected chi connectivity index (χ2v) is 6.72. The van der Waals surface area contributed by atoms with Gasteiger partial charge in [0.05, 0.1) is 45.3 Å². The number of nitrogens with zero attached hydrogens (tertiary/aromatic N) is 2. The third kappa shape index (κ3) is 4.56. The number of carbonyl (C=O) groups excluding carboxylic acids is 1. The third-order valence-corrected chi connectivity index (χ3v) is 4.88. The van der Waals surface area contributed by atoms with Crippen LogP contribution in [-0.4, -0.2) is 37.0 Å². The molecule has 0 atom stereocenters. The Hall–Kier alpha value is -3.48. The fraction of sp³-hybridized carbons (Fsp3) is 0.304. The molecule has 2 aromatic carbocycles. The first-order valence-electron chi connectivity index (χ1n) is 9.76. The van der Waals surface area contributed by atoms with E-state index in [2.05, 4.69) is 10.4 Å². The first kappa shape index (κ1) is 21.2. The Morgan fingerprint density at radius 3 is 2.23 bits per heavy atom. The van der Waals surface area contributed by atoms with E-state index >= 15 is 0 Å². The number of methoxy groups -OCH3 is 3. The topological polar surface area (TPSA) is 74.6 Å². The summed E-state index contributed by atoms with van der Waals surface area (Å²) in [5.41, 5.74) is 3.47. The molecule has 0 aliphatic heterocycles. The Balaban J connectivity index is 1.75. The van der Waals surface area contributed by atoms with Crippen molar-refractivity contribution in [3.8, 4) is 17.2 Å². The molecule has 0 saturated carbocycles. The highest BCUT2D eigenvalue weighted by atomic mass is 16.5. The van der Waals surface area contributed by atoms with Gasteiger partial charge in [-0.25, -0.2) is 0 Å². The average Bonchev–Trinajstić information content (AvgIpc) is 3.19. The molecule has 0 unspecified atom stereocenters. The van der Waals surface area contributed by atoms with Gasteiger partial charge < -0.3 is 19.5 Å². The number of nitrogens with one attached hydrogen (secondary N) is 1. The minimum absolute atomic E-state index is 0.167. The number of carbonyl (C=O) groups is 1. The molecule has 7 nitrogen and oxygen atoms in total. The fourth-order valence-electron chi connectivity index (χ4n) is 3.38. The smallest absolute Gasteiger partial charge is 0.255 e. The molecule has 0 saturated heterocycles. The predicted octanol–water partition coefficient (Wildman–Crippen LogP) is 3.45. The standard InChI is InChI=1S/C23H27N3O4/c1-5-19-18(14-25-26(19)15-16-9-7-6-8-10-16)23(27)24-13-17-11-20(28-2)22(30-4)21(12-17)29-3/h6-12,14H,5,13,15H2,1-4H3,(H,24,27). The third-order valence-electron chi connectivity index (χ3n) is 4.88. The zero-order valence-corrected chi connectivity index (χ0v) is 17.8. The maximum absolute atomic E-state index is 12.8. The number of hydrogen-bond donors (Lipinski definition) is 1. The lowest BCUT2D eigenvalue weighted by Gasteiger charge is -2.14. The van der Waals surface area contributed by atoms with Crippen LogP contribution in [0.4, 0.5) is 0 Å². The summed E-state index contributed by atoms with van der Waals surface area (Å²) in [4.78, 5) is 12.8. The minimum Gasteiger partial charge on any atom is -0.493 e. The quantitative estimate of drug-likeness (QED) is 0.586. The molecule has 0 fully saturated rings. The molecular weight excluding hydrogens is 382 g/mol. The SMILES string of the molecule is CCc1c(C(=O)NCc2cc(OC)c(OC)c(OC)c2)cnn1Cc1ccccc1. The van der Waals surface area contributed by atoms with Gasteiger partial charge in [-0.2, -0.15) is 5.10 Å². The molecule has 0 aliphatic carbocycles. The molecular formula is C23H27N3O4. The van der Waals surface area contributed by atoms with Gasteiger partial charge >= 0.3 is 0 Å². The van der Waals surface area contributed by atoms with Crippen molar-refractivity contribution < 1.29 is 19.0 Å². The van der Waals surface area contributed by atoms with E-state index in [4.69, 9.17) is 14.2 Å². The summed E-state index contributed by atoms with van der Waals surface area (Å²) in [6, 6.07) is 13.7. The average molecular weight is 409 g/mol. The van der Waals surface area contributed by atoms with Crippen LogP contribution in [0.1, 0.15) is 34.1 Å². The Labute approximate surface area is 176 Å². The summed E-state index contributed by atoms with van der Waals surface area (Å²) in [7, 11) is 4.68. The van der Waals surface area contributed by atoms with Crippen LogP contribution in [-0.2, 0) is 19.5 Å². The van der Waals surface area contributed by atoms with Crippen molar-refractivity contribution in [2.45, 2.75) is 26.4 Å². The van der Waals surface area contributed by atoms with Crippen molar-refractivity contribution in [3.63, 3.8) is 0 Å². The summed E-state index contributed by atoms with van der Waals surface area (Å²) in [6.45, 7) is 2.97. The summed E-state index contributed by atoms with van der Waals surface area (Å²) in [5.74, 6) is 1.45. The number of amides is 1. The fourth-order valence-corrected chi connectivity index (χ4v) is 3.38. The first-order chi connectivity index (χ1) is 14.6. The van der Waals surface area contributed by atoms with Gasteiger partial charge in [0.2, 0.25) is 5.75 Å². The van der Waals surface area contributed by atoms with E-state index in [9.17, 15) is 4.79 Å². The predicted molar refractivity (Wildman–Crippen MR) is 114 cm³/mol. The Morgan fingerprint density at radius 2 is 1.67 bits per heavy atom. The molecule has 1 N–H and O–H groups in total. The van der Waals surface area contributed by atoms with E-state index in [1.165, 1.54) is 0 Å². The van der Waals surface area contributed by atoms with Crippen LogP contribution in [0.25, 0.3) is 0 Å². The largest absolute Gasteiger partial charge is 0.493 e. The summed E-state index contributed by atoms with van der Waals surface area (Å²) in [5, 5.41) is 7.40.